The van der Waals surface area contributed by atoms with E-state index in [9.17, 15) is 18.0 Å². The summed E-state index contributed by atoms with van der Waals surface area (Å²) in [4.78, 5) is 29.2. The second-order valence-corrected chi connectivity index (χ2v) is 12.6. The first-order chi connectivity index (χ1) is 19.9. The number of carbonyl (C=O) groups excluding carboxylic acids is 2. The van der Waals surface area contributed by atoms with E-state index in [4.69, 9.17) is 4.74 Å². The Balaban J connectivity index is 2.08. The third-order valence-electron chi connectivity index (χ3n) is 7.57. The minimum Gasteiger partial charge on any atom is -0.497 e. The molecular formula is C33H43N3O5S. The van der Waals surface area contributed by atoms with Crippen molar-refractivity contribution in [2.24, 2.45) is 0 Å². The normalized spacial score (nSPS) is 12.7. The van der Waals surface area contributed by atoms with Crippen molar-refractivity contribution in [3.8, 4) is 5.75 Å². The van der Waals surface area contributed by atoms with Crippen LogP contribution in [0.1, 0.15) is 55.9 Å². The first-order valence-electron chi connectivity index (χ1n) is 14.3. The van der Waals surface area contributed by atoms with Gasteiger partial charge >= 0.3 is 0 Å². The molecule has 1 N–H and O–H groups in total. The highest BCUT2D eigenvalue weighted by atomic mass is 32.2. The zero-order valence-corrected chi connectivity index (χ0v) is 26.5. The number of carbonyl (C=O) groups is 2. The second-order valence-electron chi connectivity index (χ2n) is 10.7. The monoisotopic (exact) mass is 593 g/mol. The molecular weight excluding hydrogens is 550 g/mol. The SMILES string of the molecule is CC[C@H](C(=O)N[C@@H](C)CC)N(Cc1ccc(OC)cc1)C(=O)CN(c1ccc(C)c(C)c1)S(=O)(=O)c1ccc(C)cc1. The Morgan fingerprint density at radius 3 is 2.07 bits per heavy atom. The number of amides is 2. The van der Waals surface area contributed by atoms with Gasteiger partial charge in [0.15, 0.2) is 0 Å². The van der Waals surface area contributed by atoms with Crippen molar-refractivity contribution in [2.45, 2.75) is 77.9 Å². The van der Waals surface area contributed by atoms with Crippen LogP contribution in [-0.4, -0.2) is 50.9 Å². The fraction of sp³-hybridized carbons (Fsp3) is 0.394. The molecule has 0 aliphatic carbocycles. The Labute approximate surface area is 250 Å². The number of ether oxygens (including phenoxy) is 1. The number of benzene rings is 3. The van der Waals surface area contributed by atoms with Crippen LogP contribution in [0.2, 0.25) is 0 Å². The third kappa shape index (κ3) is 7.91. The van der Waals surface area contributed by atoms with Gasteiger partial charge in [-0.2, -0.15) is 0 Å². The molecule has 3 rings (SSSR count). The van der Waals surface area contributed by atoms with Crippen molar-refractivity contribution in [1.82, 2.24) is 10.2 Å². The van der Waals surface area contributed by atoms with E-state index in [1.54, 1.807) is 55.6 Å². The highest BCUT2D eigenvalue weighted by Crippen LogP contribution is 2.27. The summed E-state index contributed by atoms with van der Waals surface area (Å²) in [6.45, 7) is 11.1. The maximum atomic E-state index is 14.2. The average molecular weight is 594 g/mol. The lowest BCUT2D eigenvalue weighted by Gasteiger charge is -2.34. The van der Waals surface area contributed by atoms with Crippen LogP contribution < -0.4 is 14.4 Å². The van der Waals surface area contributed by atoms with Gasteiger partial charge in [-0.05, 0) is 93.6 Å². The molecule has 0 bridgehead atoms. The van der Waals surface area contributed by atoms with Crippen molar-refractivity contribution in [1.29, 1.82) is 0 Å². The topological polar surface area (TPSA) is 96.0 Å². The maximum absolute atomic E-state index is 14.2. The maximum Gasteiger partial charge on any atom is 0.264 e. The van der Waals surface area contributed by atoms with Crippen LogP contribution in [0.4, 0.5) is 5.69 Å². The molecule has 226 valence electrons. The van der Waals surface area contributed by atoms with E-state index in [-0.39, 0.29) is 23.4 Å². The van der Waals surface area contributed by atoms with Crippen LogP contribution in [0, 0.1) is 20.8 Å². The molecule has 0 unspecified atom stereocenters. The zero-order valence-electron chi connectivity index (χ0n) is 25.7. The number of nitrogens with zero attached hydrogens (tertiary/aromatic N) is 2. The van der Waals surface area contributed by atoms with Crippen LogP contribution in [0.5, 0.6) is 5.75 Å². The van der Waals surface area contributed by atoms with E-state index in [1.165, 1.54) is 4.90 Å². The van der Waals surface area contributed by atoms with E-state index < -0.39 is 28.5 Å². The van der Waals surface area contributed by atoms with Crippen molar-refractivity contribution >= 4 is 27.5 Å². The minimum atomic E-state index is -4.12. The van der Waals surface area contributed by atoms with Crippen molar-refractivity contribution in [3.05, 3.63) is 89.0 Å². The van der Waals surface area contributed by atoms with Crippen molar-refractivity contribution in [2.75, 3.05) is 18.0 Å². The van der Waals surface area contributed by atoms with Crippen LogP contribution in [0.25, 0.3) is 0 Å². The summed E-state index contributed by atoms with van der Waals surface area (Å²) in [5.74, 6) is -0.0815. The molecule has 3 aromatic carbocycles. The summed E-state index contributed by atoms with van der Waals surface area (Å²) in [5, 5.41) is 3.00. The predicted octanol–water partition coefficient (Wildman–Crippen LogP) is 5.54. The smallest absolute Gasteiger partial charge is 0.264 e. The molecule has 8 nitrogen and oxygen atoms in total. The molecule has 42 heavy (non-hydrogen) atoms. The minimum absolute atomic E-state index is 0.0709. The van der Waals surface area contributed by atoms with E-state index in [0.717, 1.165) is 33.0 Å². The van der Waals surface area contributed by atoms with Gasteiger partial charge in [-0.3, -0.25) is 13.9 Å². The number of hydrogen-bond acceptors (Lipinski definition) is 5. The second kappa shape index (κ2) is 14.4. The van der Waals surface area contributed by atoms with E-state index in [2.05, 4.69) is 5.32 Å². The Hall–Kier alpha value is -3.85. The van der Waals surface area contributed by atoms with Crippen LogP contribution in [-0.2, 0) is 26.2 Å². The van der Waals surface area contributed by atoms with E-state index >= 15 is 0 Å². The quantitative estimate of drug-likeness (QED) is 0.281. The number of anilines is 1. The Kier molecular flexibility index (Phi) is 11.2. The van der Waals surface area contributed by atoms with Gasteiger partial charge in [-0.25, -0.2) is 8.42 Å². The first-order valence-corrected chi connectivity index (χ1v) is 15.7. The number of sulfonamides is 1. The average Bonchev–Trinajstić information content (AvgIpc) is 2.97. The number of nitrogens with one attached hydrogen (secondary N) is 1. The third-order valence-corrected chi connectivity index (χ3v) is 9.35. The first kappa shape index (κ1) is 32.7. The van der Waals surface area contributed by atoms with Crippen LogP contribution in [0.3, 0.4) is 0 Å². The summed E-state index contributed by atoms with van der Waals surface area (Å²) in [6.07, 6.45) is 1.10. The van der Waals surface area contributed by atoms with Crippen molar-refractivity contribution < 1.29 is 22.7 Å². The number of rotatable bonds is 13. The fourth-order valence-electron chi connectivity index (χ4n) is 4.54. The predicted molar refractivity (Wildman–Crippen MR) is 167 cm³/mol. The van der Waals surface area contributed by atoms with Gasteiger partial charge in [0.2, 0.25) is 11.8 Å². The Morgan fingerprint density at radius 2 is 1.52 bits per heavy atom. The summed E-state index contributed by atoms with van der Waals surface area (Å²) < 4.78 is 34.5. The van der Waals surface area contributed by atoms with Gasteiger partial charge in [-0.15, -0.1) is 0 Å². The molecule has 0 aliphatic rings. The molecule has 0 aromatic heterocycles. The van der Waals surface area contributed by atoms with Gasteiger partial charge in [0.25, 0.3) is 10.0 Å². The number of aryl methyl sites for hydroxylation is 3. The Bertz CT molecular complexity index is 1470. The summed E-state index contributed by atoms with van der Waals surface area (Å²) in [6, 6.07) is 18.3. The molecule has 0 saturated heterocycles. The van der Waals surface area contributed by atoms with Gasteiger partial charge in [-0.1, -0.05) is 49.7 Å². The lowest BCUT2D eigenvalue weighted by Crippen LogP contribution is -2.53. The summed E-state index contributed by atoms with van der Waals surface area (Å²) in [7, 11) is -2.54. The van der Waals surface area contributed by atoms with E-state index in [0.29, 0.717) is 17.9 Å². The largest absolute Gasteiger partial charge is 0.497 e. The molecule has 3 aromatic rings. The van der Waals surface area contributed by atoms with E-state index in [1.807, 2.05) is 59.7 Å². The highest BCUT2D eigenvalue weighted by molar-refractivity contribution is 7.92. The molecule has 0 aliphatic heterocycles. The Morgan fingerprint density at radius 1 is 0.881 bits per heavy atom. The molecule has 2 amide bonds. The van der Waals surface area contributed by atoms with Gasteiger partial charge < -0.3 is 15.0 Å². The highest BCUT2D eigenvalue weighted by Gasteiger charge is 2.34. The number of hydrogen-bond donors (Lipinski definition) is 1. The molecule has 0 fully saturated rings. The van der Waals surface area contributed by atoms with Crippen LogP contribution >= 0.6 is 0 Å². The van der Waals surface area contributed by atoms with Crippen molar-refractivity contribution in [3.63, 3.8) is 0 Å². The molecule has 0 saturated carbocycles. The molecule has 0 spiro atoms. The molecule has 0 radical (unpaired) electrons. The lowest BCUT2D eigenvalue weighted by molar-refractivity contribution is -0.140. The lowest BCUT2D eigenvalue weighted by atomic mass is 10.1. The summed E-state index contributed by atoms with van der Waals surface area (Å²) in [5.41, 5.74) is 4.00. The van der Waals surface area contributed by atoms with Crippen LogP contribution in [0.15, 0.2) is 71.6 Å². The number of methoxy groups -OCH3 is 1. The molecule has 9 heteroatoms. The summed E-state index contributed by atoms with van der Waals surface area (Å²) >= 11 is 0. The fourth-order valence-corrected chi connectivity index (χ4v) is 5.94. The van der Waals surface area contributed by atoms with Gasteiger partial charge in [0.05, 0.1) is 17.7 Å². The zero-order chi connectivity index (χ0) is 31.0. The van der Waals surface area contributed by atoms with Gasteiger partial charge in [0.1, 0.15) is 18.3 Å². The molecule has 0 heterocycles. The molecule has 2 atom stereocenters. The van der Waals surface area contributed by atoms with Gasteiger partial charge in [0, 0.05) is 12.6 Å². The standard InChI is InChI=1S/C33H43N3O5S/c1-8-26(6)34-33(38)31(9-2)35(21-27-13-16-29(41-7)17-14-27)32(37)22-36(28-15-12-24(4)25(5)20-28)42(39,40)30-18-10-23(3)11-19-30/h10-20,26,31H,8-9,21-22H2,1-7H3,(H,34,38)/t26-,31+/m0/s1.